The van der Waals surface area contributed by atoms with Gasteiger partial charge in [0.2, 0.25) is 0 Å². The monoisotopic (exact) mass is 310 g/mol. The van der Waals surface area contributed by atoms with Crippen LogP contribution in [0.2, 0.25) is 0 Å². The van der Waals surface area contributed by atoms with Crippen molar-refractivity contribution in [3.8, 4) is 11.8 Å². The zero-order valence-corrected chi connectivity index (χ0v) is 13.3. The van der Waals surface area contributed by atoms with E-state index in [1.54, 1.807) is 26.2 Å². The van der Waals surface area contributed by atoms with Crippen LogP contribution in [-0.2, 0) is 9.47 Å². The van der Waals surface area contributed by atoms with E-state index in [2.05, 4.69) is 26.9 Å². The number of carbonyl (C=O) groups is 2. The van der Waals surface area contributed by atoms with Crippen molar-refractivity contribution in [1.82, 2.24) is 10.3 Å². The Hall–Kier alpha value is -2.07. The molecule has 114 valence electrons. The van der Waals surface area contributed by atoms with E-state index in [9.17, 15) is 9.59 Å². The summed E-state index contributed by atoms with van der Waals surface area (Å²) in [5.74, 6) is 5.21. The molecule has 21 heavy (non-hydrogen) atoms. The molecule has 0 atom stereocenters. The summed E-state index contributed by atoms with van der Waals surface area (Å²) >= 11 is 1.27. The van der Waals surface area contributed by atoms with Gasteiger partial charge in [0, 0.05) is 18.3 Å². The molecule has 0 spiro atoms. The zero-order valence-electron chi connectivity index (χ0n) is 12.5. The minimum absolute atomic E-state index is 0.249. The van der Waals surface area contributed by atoms with Crippen molar-refractivity contribution in [1.29, 1.82) is 0 Å². The summed E-state index contributed by atoms with van der Waals surface area (Å²) in [5.41, 5.74) is -0.264. The van der Waals surface area contributed by atoms with Crippen LogP contribution >= 0.6 is 11.3 Å². The largest absolute Gasteiger partial charge is 0.464 e. The van der Waals surface area contributed by atoms with Gasteiger partial charge in [0.1, 0.15) is 5.60 Å². The summed E-state index contributed by atoms with van der Waals surface area (Å²) in [4.78, 5) is 26.6. The molecular formula is C14H18N2O4S. The van der Waals surface area contributed by atoms with Gasteiger partial charge in [0.25, 0.3) is 0 Å². The fraction of sp³-hybridized carbons (Fsp3) is 0.500. The van der Waals surface area contributed by atoms with Crippen molar-refractivity contribution >= 4 is 23.4 Å². The quantitative estimate of drug-likeness (QED) is 0.526. The van der Waals surface area contributed by atoms with Gasteiger partial charge in [-0.2, -0.15) is 0 Å². The molecule has 1 heterocycles. The number of hydrogen-bond donors (Lipinski definition) is 1. The molecule has 0 aliphatic carbocycles. The van der Waals surface area contributed by atoms with Gasteiger partial charge in [-0.1, -0.05) is 5.92 Å². The van der Waals surface area contributed by atoms with E-state index in [1.165, 1.54) is 18.4 Å². The van der Waals surface area contributed by atoms with Crippen LogP contribution < -0.4 is 5.32 Å². The van der Waals surface area contributed by atoms with Gasteiger partial charge in [-0.05, 0) is 26.7 Å². The molecular weight excluding hydrogens is 292 g/mol. The van der Waals surface area contributed by atoms with Crippen molar-refractivity contribution in [2.45, 2.75) is 32.8 Å². The van der Waals surface area contributed by atoms with E-state index in [0.29, 0.717) is 18.0 Å². The molecule has 0 saturated heterocycles. The Morgan fingerprint density at radius 1 is 1.43 bits per heavy atom. The summed E-state index contributed by atoms with van der Waals surface area (Å²) in [6.07, 6.45) is -0.00152. The van der Waals surface area contributed by atoms with Gasteiger partial charge < -0.3 is 14.8 Å². The number of carbonyl (C=O) groups excluding carboxylic acids is 2. The van der Waals surface area contributed by atoms with Crippen molar-refractivity contribution < 1.29 is 19.1 Å². The molecule has 1 N–H and O–H groups in total. The van der Waals surface area contributed by atoms with Gasteiger partial charge in [-0.15, -0.1) is 11.3 Å². The second-order valence-electron chi connectivity index (χ2n) is 5.01. The van der Waals surface area contributed by atoms with E-state index >= 15 is 0 Å². The van der Waals surface area contributed by atoms with Crippen LogP contribution in [0, 0.1) is 11.8 Å². The lowest BCUT2D eigenvalue weighted by molar-refractivity contribution is 0.0527. The number of nitrogens with one attached hydrogen (secondary N) is 1. The van der Waals surface area contributed by atoms with E-state index in [4.69, 9.17) is 4.74 Å². The average molecular weight is 310 g/mol. The first kappa shape index (κ1) is 17.0. The molecule has 0 bridgehead atoms. The standard InChI is InChI=1S/C14H18N2O4S/c1-14(2,3)20-13(18)15-8-6-5-7-11-16-10(9-21-11)12(17)19-4/h9H,6,8H2,1-4H3,(H,15,18). The predicted molar refractivity (Wildman–Crippen MR) is 79.2 cm³/mol. The van der Waals surface area contributed by atoms with Gasteiger partial charge in [0.05, 0.1) is 7.11 Å². The van der Waals surface area contributed by atoms with Crippen LogP contribution in [-0.4, -0.2) is 36.3 Å². The van der Waals surface area contributed by atoms with Crippen LogP contribution in [0.15, 0.2) is 5.38 Å². The van der Waals surface area contributed by atoms with Crippen molar-refractivity contribution in [3.63, 3.8) is 0 Å². The Morgan fingerprint density at radius 3 is 2.76 bits per heavy atom. The maximum atomic E-state index is 11.4. The minimum atomic E-state index is -0.513. The normalized spacial score (nSPS) is 10.3. The lowest BCUT2D eigenvalue weighted by atomic mass is 10.2. The maximum absolute atomic E-state index is 11.4. The Balaban J connectivity index is 2.35. The molecule has 0 saturated carbocycles. The second-order valence-corrected chi connectivity index (χ2v) is 5.87. The van der Waals surface area contributed by atoms with E-state index in [-0.39, 0.29) is 5.69 Å². The third kappa shape index (κ3) is 6.77. The topological polar surface area (TPSA) is 77.5 Å². The number of ether oxygens (including phenoxy) is 2. The van der Waals surface area contributed by atoms with Gasteiger partial charge in [0.15, 0.2) is 10.7 Å². The first-order chi connectivity index (χ1) is 9.81. The minimum Gasteiger partial charge on any atom is -0.464 e. The second kappa shape index (κ2) is 7.64. The van der Waals surface area contributed by atoms with Crippen LogP contribution in [0.1, 0.15) is 42.7 Å². The number of rotatable bonds is 3. The van der Waals surface area contributed by atoms with Crippen molar-refractivity contribution in [2.24, 2.45) is 0 Å². The summed E-state index contributed by atoms with van der Waals surface area (Å²) in [6, 6.07) is 0. The molecule has 0 aliphatic heterocycles. The highest BCUT2D eigenvalue weighted by Crippen LogP contribution is 2.09. The van der Waals surface area contributed by atoms with Crippen molar-refractivity contribution in [2.75, 3.05) is 13.7 Å². The smallest absolute Gasteiger partial charge is 0.407 e. The van der Waals surface area contributed by atoms with Gasteiger partial charge in [-0.3, -0.25) is 0 Å². The number of aromatic nitrogens is 1. The number of esters is 1. The fourth-order valence-electron chi connectivity index (χ4n) is 1.21. The predicted octanol–water partition coefficient (Wildman–Crippen LogP) is 2.20. The fourth-order valence-corrected chi connectivity index (χ4v) is 1.86. The molecule has 0 aromatic carbocycles. The van der Waals surface area contributed by atoms with Crippen molar-refractivity contribution in [3.05, 3.63) is 16.1 Å². The van der Waals surface area contributed by atoms with E-state index in [0.717, 1.165) is 0 Å². The first-order valence-corrected chi connectivity index (χ1v) is 7.19. The highest BCUT2D eigenvalue weighted by molar-refractivity contribution is 7.10. The molecule has 1 aromatic rings. The number of alkyl carbamates (subject to hydrolysis) is 1. The zero-order chi connectivity index (χ0) is 15.9. The molecule has 7 heteroatoms. The molecule has 0 fully saturated rings. The highest BCUT2D eigenvalue weighted by Gasteiger charge is 2.15. The molecule has 1 rings (SSSR count). The SMILES string of the molecule is COC(=O)c1csc(C#CCCNC(=O)OC(C)(C)C)n1. The number of thiazole rings is 1. The number of hydrogen-bond acceptors (Lipinski definition) is 6. The third-order valence-corrected chi connectivity index (χ3v) is 2.77. The van der Waals surface area contributed by atoms with Crippen LogP contribution in [0.3, 0.4) is 0 Å². The number of amides is 1. The molecule has 0 radical (unpaired) electrons. The summed E-state index contributed by atoms with van der Waals surface area (Å²) < 4.78 is 9.64. The molecule has 6 nitrogen and oxygen atoms in total. The van der Waals surface area contributed by atoms with Crippen LogP contribution in [0.25, 0.3) is 0 Å². The Bertz CT molecular complexity index is 564. The third-order valence-electron chi connectivity index (χ3n) is 2.01. The molecule has 1 amide bonds. The van der Waals surface area contributed by atoms with E-state index in [1.807, 2.05) is 0 Å². The first-order valence-electron chi connectivity index (χ1n) is 6.31. The molecule has 0 aliphatic rings. The van der Waals surface area contributed by atoms with E-state index < -0.39 is 17.7 Å². The lowest BCUT2D eigenvalue weighted by Gasteiger charge is -2.19. The Labute approximate surface area is 127 Å². The Kier molecular flexibility index (Phi) is 6.18. The molecule has 1 aromatic heterocycles. The lowest BCUT2D eigenvalue weighted by Crippen LogP contribution is -2.32. The summed E-state index contributed by atoms with van der Waals surface area (Å²) in [5, 5.41) is 4.73. The van der Waals surface area contributed by atoms with Crippen LogP contribution in [0.4, 0.5) is 4.79 Å². The maximum Gasteiger partial charge on any atom is 0.407 e. The highest BCUT2D eigenvalue weighted by atomic mass is 32.1. The van der Waals surface area contributed by atoms with Gasteiger partial charge in [-0.25, -0.2) is 14.6 Å². The Morgan fingerprint density at radius 2 is 2.14 bits per heavy atom. The number of methoxy groups -OCH3 is 1. The summed E-state index contributed by atoms with van der Waals surface area (Å²) in [7, 11) is 1.30. The van der Waals surface area contributed by atoms with Gasteiger partial charge >= 0.3 is 12.1 Å². The van der Waals surface area contributed by atoms with Crippen LogP contribution in [0.5, 0.6) is 0 Å². The number of nitrogens with zero attached hydrogens (tertiary/aromatic N) is 1. The summed E-state index contributed by atoms with van der Waals surface area (Å²) in [6.45, 7) is 5.78. The molecule has 0 unspecified atom stereocenters. The average Bonchev–Trinajstić information content (AvgIpc) is 2.84.